The van der Waals surface area contributed by atoms with Gasteiger partial charge in [0.25, 0.3) is 5.56 Å². The Morgan fingerprint density at radius 2 is 1.91 bits per heavy atom. The van der Waals surface area contributed by atoms with Gasteiger partial charge in [-0.3, -0.25) is 9.69 Å². The lowest BCUT2D eigenvalue weighted by Gasteiger charge is -2.22. The number of H-pyrrole nitrogens is 1. The monoisotopic (exact) mass is 497 g/mol. The molecule has 0 unspecified atom stereocenters. The van der Waals surface area contributed by atoms with Crippen LogP contribution in [0.4, 0.5) is 8.78 Å². The first kappa shape index (κ1) is 23.4. The van der Waals surface area contributed by atoms with Crippen LogP contribution in [0.15, 0.2) is 59.4 Å². The lowest BCUT2D eigenvalue weighted by atomic mass is 10.1. The quantitative estimate of drug-likeness (QED) is 0.299. The van der Waals surface area contributed by atoms with E-state index in [0.29, 0.717) is 47.5 Å². The van der Waals surface area contributed by atoms with Gasteiger partial charge in [-0.1, -0.05) is 36.4 Å². The Balaban J connectivity index is 1.38. The fraction of sp³-hybridized carbons (Fsp3) is 0.308. The summed E-state index contributed by atoms with van der Waals surface area (Å²) in [5.41, 5.74) is 1.82. The van der Waals surface area contributed by atoms with E-state index in [1.54, 1.807) is 19.1 Å². The van der Waals surface area contributed by atoms with Crippen LogP contribution in [0, 0.1) is 0 Å². The molecule has 1 fully saturated rings. The number of nitrogens with zero attached hydrogens (tertiary/aromatic N) is 2. The van der Waals surface area contributed by atoms with E-state index in [9.17, 15) is 13.6 Å². The fourth-order valence-corrected chi connectivity index (χ4v) is 5.15. The molecular formula is C26H25F2N3O3S. The lowest BCUT2D eigenvalue weighted by molar-refractivity contribution is -0.0514. The van der Waals surface area contributed by atoms with Crippen molar-refractivity contribution >= 4 is 21.6 Å². The van der Waals surface area contributed by atoms with Crippen LogP contribution in [0.5, 0.6) is 11.5 Å². The molecule has 0 amide bonds. The van der Waals surface area contributed by atoms with Gasteiger partial charge in [0.2, 0.25) is 0 Å². The zero-order chi connectivity index (χ0) is 24.4. The van der Waals surface area contributed by atoms with Gasteiger partial charge in [-0.25, -0.2) is 4.98 Å². The number of rotatable bonds is 10. The predicted molar refractivity (Wildman–Crippen MR) is 132 cm³/mol. The molecule has 5 rings (SSSR count). The number of alkyl halides is 2. The Labute approximate surface area is 205 Å². The third-order valence-electron chi connectivity index (χ3n) is 5.84. The molecule has 2 aromatic carbocycles. The number of halogens is 2. The van der Waals surface area contributed by atoms with E-state index in [1.807, 2.05) is 36.4 Å². The van der Waals surface area contributed by atoms with Gasteiger partial charge in [0.1, 0.15) is 10.7 Å². The second-order valence-electron chi connectivity index (χ2n) is 8.44. The normalized spacial score (nSPS) is 13.6. The number of hydrogen-bond acceptors (Lipinski definition) is 6. The summed E-state index contributed by atoms with van der Waals surface area (Å²) >= 11 is 1.51. The average molecular weight is 498 g/mol. The molecule has 182 valence electrons. The molecule has 2 aromatic heterocycles. The van der Waals surface area contributed by atoms with Crippen molar-refractivity contribution in [2.75, 3.05) is 6.61 Å². The highest BCUT2D eigenvalue weighted by Crippen LogP contribution is 2.34. The summed E-state index contributed by atoms with van der Waals surface area (Å²) in [6.07, 6.45) is 2.13. The lowest BCUT2D eigenvalue weighted by Crippen LogP contribution is -2.27. The number of aromatic nitrogens is 2. The van der Waals surface area contributed by atoms with Crippen molar-refractivity contribution in [1.29, 1.82) is 0 Å². The fourth-order valence-electron chi connectivity index (χ4n) is 4.09. The molecule has 1 aliphatic carbocycles. The molecule has 4 aromatic rings. The largest absolute Gasteiger partial charge is 0.490 e. The number of benzene rings is 2. The van der Waals surface area contributed by atoms with E-state index in [4.69, 9.17) is 9.72 Å². The van der Waals surface area contributed by atoms with Crippen molar-refractivity contribution in [1.82, 2.24) is 14.9 Å². The summed E-state index contributed by atoms with van der Waals surface area (Å²) in [6.45, 7) is 0.267. The molecule has 35 heavy (non-hydrogen) atoms. The Morgan fingerprint density at radius 1 is 1.11 bits per heavy atom. The van der Waals surface area contributed by atoms with Crippen molar-refractivity contribution in [3.63, 3.8) is 0 Å². The molecule has 0 bridgehead atoms. The number of ether oxygens (including phenoxy) is 2. The minimum atomic E-state index is -2.92. The Morgan fingerprint density at radius 3 is 2.63 bits per heavy atom. The summed E-state index contributed by atoms with van der Waals surface area (Å²) in [5.74, 6) is 0.923. The van der Waals surface area contributed by atoms with Crippen LogP contribution >= 0.6 is 11.3 Å². The number of nitrogens with one attached hydrogen (secondary N) is 1. The Kier molecular flexibility index (Phi) is 6.79. The topological polar surface area (TPSA) is 67.5 Å². The summed E-state index contributed by atoms with van der Waals surface area (Å²) in [6, 6.07) is 17.2. The molecule has 9 heteroatoms. The van der Waals surface area contributed by atoms with E-state index < -0.39 is 6.61 Å². The molecule has 1 N–H and O–H groups in total. The van der Waals surface area contributed by atoms with Gasteiger partial charge in [-0.2, -0.15) is 8.78 Å². The first-order chi connectivity index (χ1) is 17.0. The minimum absolute atomic E-state index is 0.0203. The van der Waals surface area contributed by atoms with Crippen LogP contribution in [0.2, 0.25) is 0 Å². The van der Waals surface area contributed by atoms with Crippen LogP contribution in [-0.4, -0.2) is 34.1 Å². The van der Waals surface area contributed by atoms with Crippen LogP contribution in [0.1, 0.15) is 31.2 Å². The summed E-state index contributed by atoms with van der Waals surface area (Å²) in [5, 5.41) is 0.589. The van der Waals surface area contributed by atoms with Gasteiger partial charge in [0.15, 0.2) is 11.5 Å². The van der Waals surface area contributed by atoms with Gasteiger partial charge in [0, 0.05) is 17.5 Å². The number of hydrogen-bond donors (Lipinski definition) is 1. The number of thiophene rings is 1. The molecule has 0 spiro atoms. The molecular weight excluding hydrogens is 472 g/mol. The third kappa shape index (κ3) is 5.52. The summed E-state index contributed by atoms with van der Waals surface area (Å²) < 4.78 is 35.6. The first-order valence-electron chi connectivity index (χ1n) is 11.5. The third-order valence-corrected chi connectivity index (χ3v) is 6.91. The first-order valence-corrected chi connectivity index (χ1v) is 12.3. The zero-order valence-electron chi connectivity index (χ0n) is 19.2. The molecule has 0 radical (unpaired) electrons. The van der Waals surface area contributed by atoms with Crippen LogP contribution in [-0.2, 0) is 13.1 Å². The molecule has 1 aliphatic rings. The zero-order valence-corrected chi connectivity index (χ0v) is 20.0. The summed E-state index contributed by atoms with van der Waals surface area (Å²) in [4.78, 5) is 24.5. The molecule has 2 heterocycles. The molecule has 0 saturated heterocycles. The van der Waals surface area contributed by atoms with Crippen LogP contribution in [0.3, 0.4) is 0 Å². The van der Waals surface area contributed by atoms with E-state index >= 15 is 0 Å². The van der Waals surface area contributed by atoms with E-state index in [1.165, 1.54) is 17.4 Å². The van der Waals surface area contributed by atoms with Crippen molar-refractivity contribution in [3.8, 4) is 21.9 Å². The maximum Gasteiger partial charge on any atom is 0.387 e. The second kappa shape index (κ2) is 10.1. The van der Waals surface area contributed by atoms with Gasteiger partial charge in [-0.15, -0.1) is 11.3 Å². The molecule has 0 atom stereocenters. The Bertz CT molecular complexity index is 1370. The Hall–Kier alpha value is -3.30. The molecule has 0 aliphatic heterocycles. The SMILES string of the molecule is CCOc1cc(CN(Cc2nc3sc(-c4ccccc4)cc3c(=O)[nH]2)C2CC2)ccc1OC(F)F. The van der Waals surface area contributed by atoms with Gasteiger partial charge >= 0.3 is 6.61 Å². The highest BCUT2D eigenvalue weighted by Gasteiger charge is 2.30. The molecule has 6 nitrogen and oxygen atoms in total. The number of aromatic amines is 1. The van der Waals surface area contributed by atoms with Crippen molar-refractivity contribution in [2.24, 2.45) is 0 Å². The molecule has 1 saturated carbocycles. The van der Waals surface area contributed by atoms with Crippen molar-refractivity contribution in [2.45, 2.75) is 45.5 Å². The maximum absolute atomic E-state index is 12.8. The van der Waals surface area contributed by atoms with Gasteiger partial charge in [0.05, 0.1) is 18.5 Å². The smallest absolute Gasteiger partial charge is 0.387 e. The van der Waals surface area contributed by atoms with Crippen molar-refractivity contribution < 1.29 is 18.3 Å². The van der Waals surface area contributed by atoms with E-state index in [-0.39, 0.29) is 11.3 Å². The van der Waals surface area contributed by atoms with E-state index in [0.717, 1.165) is 28.8 Å². The number of fused-ring (bicyclic) bond motifs is 1. The average Bonchev–Trinajstić information content (AvgIpc) is 3.59. The maximum atomic E-state index is 12.8. The standard InChI is InChI=1S/C26H25F2N3O3S/c1-2-33-21-12-16(8-11-20(21)34-26(27)28)14-31(18-9-10-18)15-23-29-24(32)19-13-22(35-25(19)30-23)17-6-4-3-5-7-17/h3-8,11-13,18,26H,2,9-10,14-15H2,1H3,(H,29,30,32). The minimum Gasteiger partial charge on any atom is -0.490 e. The van der Waals surface area contributed by atoms with Crippen LogP contribution in [0.25, 0.3) is 20.7 Å². The van der Waals surface area contributed by atoms with Crippen molar-refractivity contribution in [3.05, 3.63) is 76.3 Å². The van der Waals surface area contributed by atoms with Crippen LogP contribution < -0.4 is 15.0 Å². The highest BCUT2D eigenvalue weighted by molar-refractivity contribution is 7.21. The summed E-state index contributed by atoms with van der Waals surface area (Å²) in [7, 11) is 0. The highest BCUT2D eigenvalue weighted by atomic mass is 32.1. The second-order valence-corrected chi connectivity index (χ2v) is 9.47. The predicted octanol–water partition coefficient (Wildman–Crippen LogP) is 5.82. The van der Waals surface area contributed by atoms with Gasteiger partial charge < -0.3 is 14.5 Å². The van der Waals surface area contributed by atoms with E-state index in [2.05, 4.69) is 14.6 Å². The van der Waals surface area contributed by atoms with Gasteiger partial charge in [-0.05, 0) is 49.1 Å².